The maximum absolute atomic E-state index is 10.8. The summed E-state index contributed by atoms with van der Waals surface area (Å²) >= 11 is 0. The number of aromatic hydroxyl groups is 1. The van der Waals surface area contributed by atoms with Crippen molar-refractivity contribution in [1.29, 1.82) is 0 Å². The van der Waals surface area contributed by atoms with E-state index in [4.69, 9.17) is 0 Å². The molecule has 2 heteroatoms. The smallest absolute Gasteiger partial charge is 0.119 e. The van der Waals surface area contributed by atoms with Gasteiger partial charge in [0, 0.05) is 0 Å². The van der Waals surface area contributed by atoms with E-state index in [-0.39, 0.29) is 6.15 Å². The van der Waals surface area contributed by atoms with Crippen LogP contribution in [0.1, 0.15) is 33.4 Å². The minimum absolute atomic E-state index is 0. The van der Waals surface area contributed by atoms with Gasteiger partial charge in [0.05, 0.1) is 0 Å². The molecule has 0 radical (unpaired) electrons. The van der Waals surface area contributed by atoms with Crippen LogP contribution in [-0.2, 0) is 38.5 Å². The summed E-state index contributed by atoms with van der Waals surface area (Å²) in [5, 5.41) is 10.8. The number of aryl methyl sites for hydroxylation is 4. The van der Waals surface area contributed by atoms with Crippen molar-refractivity contribution in [3.05, 3.63) is 137 Å². The van der Waals surface area contributed by atoms with Crippen LogP contribution in [0.5, 0.6) is 5.75 Å². The van der Waals surface area contributed by atoms with Gasteiger partial charge in [-0.25, -0.2) is 0 Å². The number of rotatable bonds is 9. The summed E-state index contributed by atoms with van der Waals surface area (Å²) in [7, 11) is 0. The Kier molecular flexibility index (Phi) is 8.65. The molecule has 164 valence electrons. The molecule has 0 atom stereocenters. The molecule has 0 spiro atoms. The van der Waals surface area contributed by atoms with Gasteiger partial charge in [0.15, 0.2) is 0 Å². The summed E-state index contributed by atoms with van der Waals surface area (Å²) in [4.78, 5) is 0. The second-order valence-corrected chi connectivity index (χ2v) is 8.16. The fraction of sp³-hybridized carbons (Fsp3) is 0.200. The summed E-state index contributed by atoms with van der Waals surface area (Å²) in [6, 6.07) is 35.9. The van der Waals surface area contributed by atoms with E-state index in [0.29, 0.717) is 5.75 Å². The van der Waals surface area contributed by atoms with Crippen LogP contribution in [0.15, 0.2) is 103 Å². The molecule has 0 saturated heterocycles. The second-order valence-electron chi connectivity index (χ2n) is 8.16. The van der Waals surface area contributed by atoms with Crippen LogP contribution in [0.2, 0.25) is 0 Å². The topological polar surface area (TPSA) is 55.2 Å². The van der Waals surface area contributed by atoms with E-state index in [0.717, 1.165) is 44.1 Å². The van der Waals surface area contributed by atoms with Crippen molar-refractivity contribution in [2.75, 3.05) is 0 Å². The molecule has 32 heavy (non-hydrogen) atoms. The van der Waals surface area contributed by atoms with Crippen LogP contribution >= 0.6 is 0 Å². The van der Waals surface area contributed by atoms with E-state index in [9.17, 15) is 5.11 Å². The Hall–Kier alpha value is -3.36. The predicted molar refractivity (Wildman–Crippen MR) is 135 cm³/mol. The minimum atomic E-state index is 0. The van der Waals surface area contributed by atoms with E-state index in [2.05, 4.69) is 97.1 Å². The van der Waals surface area contributed by atoms with Gasteiger partial charge in [-0.05, 0) is 78.0 Å². The first kappa shape index (κ1) is 23.3. The normalized spacial score (nSPS) is 10.5. The molecule has 0 unspecified atom stereocenters. The zero-order valence-corrected chi connectivity index (χ0v) is 18.7. The molecule has 0 aliphatic carbocycles. The average molecular weight is 424 g/mol. The highest BCUT2D eigenvalue weighted by molar-refractivity contribution is 5.46. The lowest BCUT2D eigenvalue weighted by Crippen LogP contribution is -2.06. The van der Waals surface area contributed by atoms with E-state index in [1.165, 1.54) is 27.8 Å². The summed E-state index contributed by atoms with van der Waals surface area (Å²) in [5.41, 5.74) is 7.82. The first-order chi connectivity index (χ1) is 15.3. The molecule has 0 aliphatic rings. The molecular weight excluding hydrogens is 390 g/mol. The SMILES string of the molecule is N.Oc1ccc(CCc2ccccc2)c(CCc2ccccc2)c1CCc1ccccc1. The first-order valence-corrected chi connectivity index (χ1v) is 11.2. The molecule has 2 nitrogen and oxygen atoms in total. The van der Waals surface area contributed by atoms with Crippen molar-refractivity contribution in [2.24, 2.45) is 0 Å². The van der Waals surface area contributed by atoms with Gasteiger partial charge in [-0.2, -0.15) is 0 Å². The maximum atomic E-state index is 10.8. The van der Waals surface area contributed by atoms with Crippen LogP contribution in [0, 0.1) is 0 Å². The van der Waals surface area contributed by atoms with Gasteiger partial charge in [0.25, 0.3) is 0 Å². The highest BCUT2D eigenvalue weighted by Crippen LogP contribution is 2.29. The van der Waals surface area contributed by atoms with E-state index in [1.807, 2.05) is 6.07 Å². The summed E-state index contributed by atoms with van der Waals surface area (Å²) in [6.45, 7) is 0. The molecular formula is C30H33NO. The van der Waals surface area contributed by atoms with Crippen molar-refractivity contribution in [3.8, 4) is 5.75 Å². The van der Waals surface area contributed by atoms with Crippen molar-refractivity contribution in [3.63, 3.8) is 0 Å². The van der Waals surface area contributed by atoms with Crippen molar-refractivity contribution in [1.82, 2.24) is 6.15 Å². The molecule has 4 rings (SSSR count). The molecule has 0 fully saturated rings. The van der Waals surface area contributed by atoms with E-state index >= 15 is 0 Å². The van der Waals surface area contributed by atoms with Crippen LogP contribution in [0.4, 0.5) is 0 Å². The molecule has 0 bridgehead atoms. The Morgan fingerprint density at radius 1 is 0.406 bits per heavy atom. The van der Waals surface area contributed by atoms with E-state index in [1.54, 1.807) is 0 Å². The summed E-state index contributed by atoms with van der Waals surface area (Å²) < 4.78 is 0. The third kappa shape index (κ3) is 6.32. The molecule has 4 N–H and O–H groups in total. The number of phenols is 1. The molecule has 0 heterocycles. The zero-order chi connectivity index (χ0) is 21.3. The predicted octanol–water partition coefficient (Wildman–Crippen LogP) is 6.91. The van der Waals surface area contributed by atoms with Crippen LogP contribution in [0.25, 0.3) is 0 Å². The fourth-order valence-corrected chi connectivity index (χ4v) is 4.31. The highest BCUT2D eigenvalue weighted by atomic mass is 16.3. The molecule has 0 aromatic heterocycles. The Bertz CT molecular complexity index is 1080. The molecule has 4 aromatic carbocycles. The fourth-order valence-electron chi connectivity index (χ4n) is 4.31. The summed E-state index contributed by atoms with van der Waals surface area (Å²) in [6.07, 6.45) is 5.75. The standard InChI is InChI=1S/C30H30O.H3N/c31-30-23-20-27(19-16-24-10-4-1-5-11-24)28(21-17-25-12-6-2-7-13-25)29(30)22-18-26-14-8-3-9-15-26;/h1-15,20,23,31H,16-19,21-22H2;1H3. The second kappa shape index (κ2) is 11.9. The van der Waals surface area contributed by atoms with Gasteiger partial charge in [-0.15, -0.1) is 0 Å². The zero-order valence-electron chi connectivity index (χ0n) is 18.7. The van der Waals surface area contributed by atoms with E-state index < -0.39 is 0 Å². The lowest BCUT2D eigenvalue weighted by molar-refractivity contribution is 0.466. The number of hydrogen-bond donors (Lipinski definition) is 2. The Morgan fingerprint density at radius 2 is 0.812 bits per heavy atom. The highest BCUT2D eigenvalue weighted by Gasteiger charge is 2.14. The lowest BCUT2D eigenvalue weighted by Gasteiger charge is -2.17. The maximum Gasteiger partial charge on any atom is 0.119 e. The van der Waals surface area contributed by atoms with Gasteiger partial charge in [0.1, 0.15) is 5.75 Å². The first-order valence-electron chi connectivity index (χ1n) is 11.2. The summed E-state index contributed by atoms with van der Waals surface area (Å²) in [5.74, 6) is 0.433. The number of phenolic OH excluding ortho intramolecular Hbond substituents is 1. The van der Waals surface area contributed by atoms with Crippen LogP contribution < -0.4 is 6.15 Å². The Labute approximate surface area is 192 Å². The Balaban J connectivity index is 0.00000289. The van der Waals surface area contributed by atoms with Gasteiger partial charge in [-0.3, -0.25) is 0 Å². The molecule has 0 saturated carbocycles. The molecule has 0 aliphatic heterocycles. The third-order valence-corrected chi connectivity index (χ3v) is 6.04. The van der Waals surface area contributed by atoms with Crippen LogP contribution in [0.3, 0.4) is 0 Å². The number of hydrogen-bond acceptors (Lipinski definition) is 2. The third-order valence-electron chi connectivity index (χ3n) is 6.04. The van der Waals surface area contributed by atoms with Crippen molar-refractivity contribution in [2.45, 2.75) is 38.5 Å². The minimum Gasteiger partial charge on any atom is -0.508 e. The quantitative estimate of drug-likeness (QED) is 0.307. The Morgan fingerprint density at radius 3 is 1.28 bits per heavy atom. The molecule has 0 amide bonds. The van der Waals surface area contributed by atoms with Gasteiger partial charge in [-0.1, -0.05) is 97.1 Å². The lowest BCUT2D eigenvalue weighted by atomic mass is 9.88. The average Bonchev–Trinajstić information content (AvgIpc) is 2.83. The monoisotopic (exact) mass is 423 g/mol. The van der Waals surface area contributed by atoms with Gasteiger partial charge < -0.3 is 11.3 Å². The molecule has 4 aromatic rings. The van der Waals surface area contributed by atoms with Gasteiger partial charge >= 0.3 is 0 Å². The van der Waals surface area contributed by atoms with Crippen molar-refractivity contribution < 1.29 is 5.11 Å². The van der Waals surface area contributed by atoms with Crippen LogP contribution in [-0.4, -0.2) is 5.11 Å². The van der Waals surface area contributed by atoms with Crippen molar-refractivity contribution >= 4 is 0 Å². The number of benzene rings is 4. The largest absolute Gasteiger partial charge is 0.508 e. The van der Waals surface area contributed by atoms with Gasteiger partial charge in [0.2, 0.25) is 0 Å².